The van der Waals surface area contributed by atoms with E-state index in [2.05, 4.69) is 12.0 Å². The first kappa shape index (κ1) is 20.3. The van der Waals surface area contributed by atoms with Crippen LogP contribution >= 0.6 is 0 Å². The van der Waals surface area contributed by atoms with Gasteiger partial charge in [-0.05, 0) is 49.9 Å². The zero-order valence-electron chi connectivity index (χ0n) is 16.5. The van der Waals surface area contributed by atoms with Crippen molar-refractivity contribution < 1.29 is 9.59 Å². The summed E-state index contributed by atoms with van der Waals surface area (Å²) in [6, 6.07) is 9.04. The Morgan fingerprint density at radius 1 is 1.23 bits per heavy atom. The predicted octanol–water partition coefficient (Wildman–Crippen LogP) is 4.80. The van der Waals surface area contributed by atoms with Crippen LogP contribution in [0.5, 0.6) is 0 Å². The molecule has 0 aliphatic heterocycles. The Kier molecular flexibility index (Phi) is 7.55. The van der Waals surface area contributed by atoms with Gasteiger partial charge in [0.1, 0.15) is 6.54 Å². The lowest BCUT2D eigenvalue weighted by atomic mass is 9.78. The molecule has 1 aromatic carbocycles. The lowest BCUT2D eigenvalue weighted by Crippen LogP contribution is -2.29. The van der Waals surface area contributed by atoms with Crippen molar-refractivity contribution >= 4 is 17.9 Å². The first-order valence-electron chi connectivity index (χ1n) is 9.93. The fourth-order valence-electron chi connectivity index (χ4n) is 4.47. The van der Waals surface area contributed by atoms with Gasteiger partial charge in [0.2, 0.25) is 6.41 Å². The van der Waals surface area contributed by atoms with Crippen LogP contribution in [0.15, 0.2) is 35.4 Å². The maximum Gasteiger partial charge on any atom is 0.230 e. The van der Waals surface area contributed by atoms with Crippen LogP contribution in [0, 0.1) is 23.7 Å². The number of Topliss-reactive ketones (excluding diaryl/α,β-unsaturated/α-hetero) is 1. The number of hydrazone groups is 1. The van der Waals surface area contributed by atoms with Gasteiger partial charge in [0, 0.05) is 11.3 Å². The molecule has 3 rings (SSSR count). The minimum atomic E-state index is -0.0909. The Labute approximate surface area is 157 Å². The molecule has 0 heterocycles. The molecule has 142 valence electrons. The van der Waals surface area contributed by atoms with Crippen molar-refractivity contribution in [3.8, 4) is 0 Å². The number of nitrogens with zero attached hydrogens (tertiary/aromatic N) is 2. The van der Waals surface area contributed by atoms with E-state index < -0.39 is 0 Å². The average Bonchev–Trinajstić information content (AvgIpc) is 3.32. The monoisotopic (exact) mass is 356 g/mol. The second-order valence-corrected chi connectivity index (χ2v) is 7.36. The van der Waals surface area contributed by atoms with Crippen LogP contribution in [0.2, 0.25) is 0 Å². The molecule has 2 saturated carbocycles. The van der Waals surface area contributed by atoms with Crippen LogP contribution in [0.25, 0.3) is 0 Å². The summed E-state index contributed by atoms with van der Waals surface area (Å²) in [7, 11) is 0. The van der Waals surface area contributed by atoms with Gasteiger partial charge in [-0.15, -0.1) is 0 Å². The van der Waals surface area contributed by atoms with Crippen LogP contribution in [-0.2, 0) is 4.79 Å². The second-order valence-electron chi connectivity index (χ2n) is 7.36. The van der Waals surface area contributed by atoms with Crippen molar-refractivity contribution in [3.05, 3.63) is 35.9 Å². The maximum atomic E-state index is 12.3. The molecule has 1 unspecified atom stereocenters. The summed E-state index contributed by atoms with van der Waals surface area (Å²) >= 11 is 0. The van der Waals surface area contributed by atoms with Gasteiger partial charge in [-0.25, -0.2) is 5.01 Å². The van der Waals surface area contributed by atoms with E-state index in [1.807, 2.05) is 39.0 Å². The van der Waals surface area contributed by atoms with Gasteiger partial charge in [-0.2, -0.15) is 5.10 Å². The normalized spacial score (nSPS) is 25.2. The van der Waals surface area contributed by atoms with Gasteiger partial charge in [-0.3, -0.25) is 9.59 Å². The Bertz CT molecular complexity index is 626. The van der Waals surface area contributed by atoms with Gasteiger partial charge in [0.05, 0.1) is 0 Å². The largest absolute Gasteiger partial charge is 0.292 e. The summed E-state index contributed by atoms with van der Waals surface area (Å²) in [4.78, 5) is 23.6. The summed E-state index contributed by atoms with van der Waals surface area (Å²) in [5.41, 5.74) is 1.57. The van der Waals surface area contributed by atoms with E-state index in [1.54, 1.807) is 12.1 Å². The molecule has 2 aliphatic rings. The molecular weight excluding hydrogens is 324 g/mol. The molecule has 4 nitrogen and oxygen atoms in total. The fourth-order valence-corrected chi connectivity index (χ4v) is 4.47. The van der Waals surface area contributed by atoms with Crippen LogP contribution in [0.1, 0.15) is 63.7 Å². The highest BCUT2D eigenvalue weighted by atomic mass is 16.2. The summed E-state index contributed by atoms with van der Waals surface area (Å²) in [5, 5.41) is 5.69. The maximum absolute atomic E-state index is 12.3. The van der Waals surface area contributed by atoms with E-state index in [4.69, 9.17) is 0 Å². The topological polar surface area (TPSA) is 49.7 Å². The second kappa shape index (κ2) is 9.65. The molecule has 1 aromatic rings. The summed E-state index contributed by atoms with van der Waals surface area (Å²) < 4.78 is 0. The molecule has 0 radical (unpaired) electrons. The predicted molar refractivity (Wildman–Crippen MR) is 106 cm³/mol. The number of ketones is 1. The highest BCUT2D eigenvalue weighted by Crippen LogP contribution is 2.51. The smallest absolute Gasteiger partial charge is 0.230 e. The minimum Gasteiger partial charge on any atom is -0.292 e. The SMILES string of the molecule is C/C(=N/N(C=O)CC(=O)c1ccccc1)C(C)[C@@H]1C[C@H]2CC[C@@H]1C2.CC. The summed E-state index contributed by atoms with van der Waals surface area (Å²) in [5.74, 6) is 2.69. The molecule has 2 fully saturated rings. The van der Waals surface area contributed by atoms with Crippen molar-refractivity contribution in [3.63, 3.8) is 0 Å². The lowest BCUT2D eigenvalue weighted by molar-refractivity contribution is -0.117. The minimum absolute atomic E-state index is 0.00566. The average molecular weight is 357 g/mol. The van der Waals surface area contributed by atoms with Gasteiger partial charge in [-0.1, -0.05) is 57.5 Å². The lowest BCUT2D eigenvalue weighted by Gasteiger charge is -2.28. The van der Waals surface area contributed by atoms with Crippen molar-refractivity contribution in [2.45, 2.75) is 53.4 Å². The molecular formula is C22H32N2O2. The third-order valence-electron chi connectivity index (χ3n) is 5.90. The van der Waals surface area contributed by atoms with E-state index in [0.717, 1.165) is 17.5 Å². The zero-order valence-corrected chi connectivity index (χ0v) is 16.5. The number of amides is 1. The number of rotatable bonds is 7. The highest BCUT2D eigenvalue weighted by molar-refractivity contribution is 5.98. The van der Waals surface area contributed by atoms with Crippen LogP contribution in [-0.4, -0.2) is 29.5 Å². The Balaban J connectivity index is 0.00000117. The molecule has 4 atom stereocenters. The molecule has 2 bridgehead atoms. The Hall–Kier alpha value is -1.97. The molecule has 26 heavy (non-hydrogen) atoms. The molecule has 0 N–H and O–H groups in total. The number of fused-ring (bicyclic) bond motifs is 2. The van der Waals surface area contributed by atoms with E-state index in [9.17, 15) is 9.59 Å². The Morgan fingerprint density at radius 3 is 2.46 bits per heavy atom. The van der Waals surface area contributed by atoms with Crippen LogP contribution < -0.4 is 0 Å². The summed E-state index contributed by atoms with van der Waals surface area (Å²) in [6.07, 6.45) is 6.04. The molecule has 0 spiro atoms. The summed E-state index contributed by atoms with van der Waals surface area (Å²) in [6.45, 7) is 8.20. The molecule has 4 heteroatoms. The van der Waals surface area contributed by atoms with Gasteiger partial charge < -0.3 is 0 Å². The van der Waals surface area contributed by atoms with E-state index >= 15 is 0 Å². The van der Waals surface area contributed by atoms with E-state index in [0.29, 0.717) is 23.8 Å². The van der Waals surface area contributed by atoms with Gasteiger partial charge in [0.25, 0.3) is 0 Å². The quantitative estimate of drug-likeness (QED) is 0.305. The van der Waals surface area contributed by atoms with Gasteiger partial charge in [0.15, 0.2) is 5.78 Å². The first-order chi connectivity index (χ1) is 12.6. The van der Waals surface area contributed by atoms with E-state index in [-0.39, 0.29) is 12.3 Å². The van der Waals surface area contributed by atoms with Gasteiger partial charge >= 0.3 is 0 Å². The zero-order chi connectivity index (χ0) is 19.1. The highest BCUT2D eigenvalue weighted by Gasteiger charge is 2.42. The van der Waals surface area contributed by atoms with Crippen LogP contribution in [0.3, 0.4) is 0 Å². The third kappa shape index (κ3) is 4.80. The number of carbonyl (C=O) groups is 2. The first-order valence-corrected chi connectivity index (χ1v) is 9.93. The third-order valence-corrected chi connectivity index (χ3v) is 5.90. The molecule has 1 amide bonds. The number of hydrogen-bond donors (Lipinski definition) is 0. The molecule has 2 aliphatic carbocycles. The fraction of sp³-hybridized carbons (Fsp3) is 0.591. The number of benzene rings is 1. The van der Waals surface area contributed by atoms with Crippen molar-refractivity contribution in [1.29, 1.82) is 0 Å². The van der Waals surface area contributed by atoms with Crippen molar-refractivity contribution in [2.24, 2.45) is 28.8 Å². The van der Waals surface area contributed by atoms with Crippen LogP contribution in [0.4, 0.5) is 0 Å². The molecule has 0 aromatic heterocycles. The number of carbonyl (C=O) groups excluding carboxylic acids is 2. The molecule has 0 saturated heterocycles. The Morgan fingerprint density at radius 2 is 1.92 bits per heavy atom. The van der Waals surface area contributed by atoms with Crippen molar-refractivity contribution in [1.82, 2.24) is 5.01 Å². The number of hydrogen-bond acceptors (Lipinski definition) is 3. The standard InChI is InChI=1S/C20H26N2O2.C2H6/c1-14(19-11-16-8-9-18(19)10-16)15(2)21-22(13-23)12-20(24)17-6-4-3-5-7-17;1-2/h3-7,13-14,16,18-19H,8-12H2,1-2H3;1-2H3/b21-15-;/t14?,16-,18+,19-;/m0./s1. The van der Waals surface area contributed by atoms with Crippen molar-refractivity contribution in [2.75, 3.05) is 6.54 Å². The van der Waals surface area contributed by atoms with E-state index in [1.165, 1.54) is 30.7 Å².